The lowest BCUT2D eigenvalue weighted by molar-refractivity contribution is -0.124. The predicted octanol–water partition coefficient (Wildman–Crippen LogP) is 2.71. The smallest absolute Gasteiger partial charge is 0.241 e. The van der Waals surface area contributed by atoms with E-state index in [1.54, 1.807) is 0 Å². The molecule has 0 saturated carbocycles. The summed E-state index contributed by atoms with van der Waals surface area (Å²) < 4.78 is 0.933. The van der Waals surface area contributed by atoms with Gasteiger partial charge in [-0.25, -0.2) is 0 Å². The van der Waals surface area contributed by atoms with E-state index in [0.29, 0.717) is 13.1 Å². The summed E-state index contributed by atoms with van der Waals surface area (Å²) in [7, 11) is 0. The Labute approximate surface area is 180 Å². The van der Waals surface area contributed by atoms with Crippen molar-refractivity contribution in [3.8, 4) is 0 Å². The average Bonchev–Trinajstić information content (AvgIpc) is 2.73. The standard InChI is InChI=1S/C22H27BrN4O2/c1-17(22(29)25-20-9-5-8-19(23)14-20)27-12-10-26(11-13-27)16-21(28)24-15-18-6-3-2-4-7-18/h2-9,14,17H,10-13,15-16H2,1H3,(H,24,28)(H,25,29). The Morgan fingerprint density at radius 2 is 1.76 bits per heavy atom. The maximum Gasteiger partial charge on any atom is 0.241 e. The second-order valence-electron chi connectivity index (χ2n) is 7.25. The average molecular weight is 459 g/mol. The van der Waals surface area contributed by atoms with Gasteiger partial charge in [0, 0.05) is 42.9 Å². The number of hydrogen-bond acceptors (Lipinski definition) is 4. The van der Waals surface area contributed by atoms with Crippen LogP contribution in [0, 0.1) is 0 Å². The normalized spacial score (nSPS) is 16.2. The summed E-state index contributed by atoms with van der Waals surface area (Å²) in [5.41, 5.74) is 1.88. The first kappa shape index (κ1) is 21.5. The largest absolute Gasteiger partial charge is 0.351 e. The van der Waals surface area contributed by atoms with E-state index in [1.165, 1.54) is 0 Å². The SMILES string of the molecule is CC(C(=O)Nc1cccc(Br)c1)N1CCN(CC(=O)NCc2ccccc2)CC1. The van der Waals surface area contributed by atoms with Crippen molar-refractivity contribution in [1.29, 1.82) is 0 Å². The van der Waals surface area contributed by atoms with Gasteiger partial charge in [0.1, 0.15) is 0 Å². The Balaban J connectivity index is 1.40. The molecule has 2 amide bonds. The summed E-state index contributed by atoms with van der Waals surface area (Å²) in [5.74, 6) is 0.0138. The van der Waals surface area contributed by atoms with Crippen molar-refractivity contribution in [3.63, 3.8) is 0 Å². The van der Waals surface area contributed by atoms with Crippen molar-refractivity contribution in [2.24, 2.45) is 0 Å². The zero-order chi connectivity index (χ0) is 20.6. The number of rotatable bonds is 7. The van der Waals surface area contributed by atoms with Gasteiger partial charge < -0.3 is 10.6 Å². The Kier molecular flexibility index (Phi) is 7.80. The summed E-state index contributed by atoms with van der Waals surface area (Å²) >= 11 is 3.42. The van der Waals surface area contributed by atoms with Crippen LogP contribution >= 0.6 is 15.9 Å². The van der Waals surface area contributed by atoms with Gasteiger partial charge in [0.25, 0.3) is 0 Å². The molecule has 0 aromatic heterocycles. The lowest BCUT2D eigenvalue weighted by atomic mass is 10.2. The Hall–Kier alpha value is -2.22. The lowest BCUT2D eigenvalue weighted by Gasteiger charge is -2.37. The van der Waals surface area contributed by atoms with E-state index in [1.807, 2.05) is 61.5 Å². The monoisotopic (exact) mass is 458 g/mol. The molecule has 0 radical (unpaired) electrons. The molecule has 1 atom stereocenters. The second-order valence-corrected chi connectivity index (χ2v) is 8.17. The van der Waals surface area contributed by atoms with Gasteiger partial charge in [-0.3, -0.25) is 19.4 Å². The minimum Gasteiger partial charge on any atom is -0.351 e. The fraction of sp³-hybridized carbons (Fsp3) is 0.364. The number of nitrogens with one attached hydrogen (secondary N) is 2. The third kappa shape index (κ3) is 6.66. The van der Waals surface area contributed by atoms with Crippen LogP contribution in [0.1, 0.15) is 12.5 Å². The number of amides is 2. The molecule has 2 N–H and O–H groups in total. The topological polar surface area (TPSA) is 64.7 Å². The minimum atomic E-state index is -0.219. The van der Waals surface area contributed by atoms with Crippen LogP contribution in [0.5, 0.6) is 0 Å². The molecule has 0 aliphatic carbocycles. The van der Waals surface area contributed by atoms with Gasteiger partial charge in [0.2, 0.25) is 11.8 Å². The molecule has 1 fully saturated rings. The first-order valence-electron chi connectivity index (χ1n) is 9.85. The van der Waals surface area contributed by atoms with Crippen LogP contribution in [0.2, 0.25) is 0 Å². The number of carbonyl (C=O) groups is 2. The molecule has 1 aliphatic rings. The summed E-state index contributed by atoms with van der Waals surface area (Å²) in [4.78, 5) is 29.1. The van der Waals surface area contributed by atoms with Crippen molar-refractivity contribution in [3.05, 3.63) is 64.6 Å². The van der Waals surface area contributed by atoms with Crippen LogP contribution in [0.3, 0.4) is 0 Å². The number of piperazine rings is 1. The van der Waals surface area contributed by atoms with Gasteiger partial charge in [0.05, 0.1) is 12.6 Å². The molecular formula is C22H27BrN4O2. The molecule has 154 valence electrons. The van der Waals surface area contributed by atoms with Gasteiger partial charge in [0.15, 0.2) is 0 Å². The summed E-state index contributed by atoms with van der Waals surface area (Å²) in [6.45, 7) is 5.93. The maximum absolute atomic E-state index is 12.6. The number of benzene rings is 2. The van der Waals surface area contributed by atoms with E-state index < -0.39 is 0 Å². The Bertz CT molecular complexity index is 823. The molecule has 2 aromatic rings. The zero-order valence-corrected chi connectivity index (χ0v) is 18.2. The van der Waals surface area contributed by atoms with Crippen molar-refractivity contribution < 1.29 is 9.59 Å². The zero-order valence-electron chi connectivity index (χ0n) is 16.6. The predicted molar refractivity (Wildman–Crippen MR) is 119 cm³/mol. The van der Waals surface area contributed by atoms with E-state index in [4.69, 9.17) is 0 Å². The molecule has 1 saturated heterocycles. The molecule has 1 aliphatic heterocycles. The molecule has 1 unspecified atom stereocenters. The first-order chi connectivity index (χ1) is 14.0. The lowest BCUT2D eigenvalue weighted by Crippen LogP contribution is -2.54. The van der Waals surface area contributed by atoms with Gasteiger partial charge in [-0.2, -0.15) is 0 Å². The number of nitrogens with zero attached hydrogens (tertiary/aromatic N) is 2. The highest BCUT2D eigenvalue weighted by Gasteiger charge is 2.26. The number of hydrogen-bond donors (Lipinski definition) is 2. The molecule has 0 bridgehead atoms. The van der Waals surface area contributed by atoms with Gasteiger partial charge in [-0.1, -0.05) is 52.3 Å². The van der Waals surface area contributed by atoms with Crippen LogP contribution in [-0.4, -0.2) is 60.4 Å². The summed E-state index contributed by atoms with van der Waals surface area (Å²) in [6.07, 6.45) is 0. The van der Waals surface area contributed by atoms with Crippen LogP contribution in [0.25, 0.3) is 0 Å². The highest BCUT2D eigenvalue weighted by Crippen LogP contribution is 2.16. The molecule has 1 heterocycles. The Morgan fingerprint density at radius 1 is 1.03 bits per heavy atom. The summed E-state index contributed by atoms with van der Waals surface area (Å²) in [6, 6.07) is 17.3. The molecular weight excluding hydrogens is 432 g/mol. The van der Waals surface area contributed by atoms with E-state index >= 15 is 0 Å². The third-order valence-electron chi connectivity index (χ3n) is 5.13. The van der Waals surface area contributed by atoms with Crippen LogP contribution < -0.4 is 10.6 Å². The van der Waals surface area contributed by atoms with Crippen molar-refractivity contribution in [2.75, 3.05) is 38.0 Å². The van der Waals surface area contributed by atoms with E-state index in [-0.39, 0.29) is 17.9 Å². The fourth-order valence-corrected chi connectivity index (χ4v) is 3.74. The molecule has 3 rings (SSSR count). The third-order valence-corrected chi connectivity index (χ3v) is 5.62. The van der Waals surface area contributed by atoms with E-state index in [9.17, 15) is 9.59 Å². The number of anilines is 1. The summed E-state index contributed by atoms with van der Waals surface area (Å²) in [5, 5.41) is 5.94. The van der Waals surface area contributed by atoms with Crippen molar-refractivity contribution >= 4 is 33.4 Å². The number of carbonyl (C=O) groups excluding carboxylic acids is 2. The fourth-order valence-electron chi connectivity index (χ4n) is 3.34. The van der Waals surface area contributed by atoms with Crippen LogP contribution in [0.15, 0.2) is 59.1 Å². The Morgan fingerprint density at radius 3 is 2.45 bits per heavy atom. The van der Waals surface area contributed by atoms with Crippen molar-refractivity contribution in [2.45, 2.75) is 19.5 Å². The molecule has 2 aromatic carbocycles. The number of halogens is 1. The minimum absolute atomic E-state index is 0.0165. The van der Waals surface area contributed by atoms with Crippen LogP contribution in [-0.2, 0) is 16.1 Å². The molecule has 0 spiro atoms. The van der Waals surface area contributed by atoms with Crippen molar-refractivity contribution in [1.82, 2.24) is 15.1 Å². The molecule has 29 heavy (non-hydrogen) atoms. The molecule has 6 nitrogen and oxygen atoms in total. The highest BCUT2D eigenvalue weighted by atomic mass is 79.9. The second kappa shape index (κ2) is 10.5. The quantitative estimate of drug-likeness (QED) is 0.669. The van der Waals surface area contributed by atoms with E-state index in [0.717, 1.165) is 41.9 Å². The van der Waals surface area contributed by atoms with E-state index in [2.05, 4.69) is 36.4 Å². The maximum atomic E-state index is 12.6. The highest BCUT2D eigenvalue weighted by molar-refractivity contribution is 9.10. The van der Waals surface area contributed by atoms with Gasteiger partial charge >= 0.3 is 0 Å². The van der Waals surface area contributed by atoms with Crippen LogP contribution in [0.4, 0.5) is 5.69 Å². The van der Waals surface area contributed by atoms with Gasteiger partial charge in [-0.05, 0) is 30.7 Å². The molecule has 7 heteroatoms. The first-order valence-corrected chi connectivity index (χ1v) is 10.6. The van der Waals surface area contributed by atoms with Gasteiger partial charge in [-0.15, -0.1) is 0 Å².